The van der Waals surface area contributed by atoms with Gasteiger partial charge in [-0.25, -0.2) is 14.6 Å². The minimum Gasteiger partial charge on any atom is -0.481 e. The molecule has 8 N–H and O–H groups in total. The van der Waals surface area contributed by atoms with Crippen molar-refractivity contribution in [3.8, 4) is 0 Å². The van der Waals surface area contributed by atoms with Gasteiger partial charge in [0.05, 0.1) is 12.1 Å². The monoisotopic (exact) mass is 657 g/mol. The lowest BCUT2D eigenvalue weighted by Gasteiger charge is -2.32. The summed E-state index contributed by atoms with van der Waals surface area (Å²) >= 11 is 0. The number of aliphatic carboxylic acids is 2. The molecule has 48 heavy (non-hydrogen) atoms. The average Bonchev–Trinajstić information content (AvgIpc) is 3.20. The molecule has 0 bridgehead atoms. The van der Waals surface area contributed by atoms with E-state index in [4.69, 9.17) is 11.5 Å². The summed E-state index contributed by atoms with van der Waals surface area (Å²) in [7, 11) is 0. The Kier molecular flexibility index (Phi) is 10.7. The number of guanidine groups is 1. The zero-order valence-electron chi connectivity index (χ0n) is 25.9. The van der Waals surface area contributed by atoms with Crippen LogP contribution in [0, 0.1) is 0 Å². The zero-order chi connectivity index (χ0) is 35.0. The Morgan fingerprint density at radius 3 is 2.02 bits per heavy atom. The normalized spacial score (nSPS) is 16.9. The minimum absolute atomic E-state index is 0.0340. The highest BCUT2D eigenvalue weighted by atomic mass is 16.4. The Bertz CT molecular complexity index is 1710. The minimum atomic E-state index is -1.72. The fraction of sp³-hybridized carbons (Fsp3) is 0.242. The van der Waals surface area contributed by atoms with Gasteiger partial charge in [0.1, 0.15) is 18.1 Å². The first-order valence-corrected chi connectivity index (χ1v) is 14.7. The standard InChI is InChI=1S/C33H35N7O8/c1-33(17-20-12-14-23(15-13-20)36-31(34)35)30(47)39(32(48)40(33)18-21-8-4-2-5-9-21)19-25(41)37-24(16-26(42)43)28(44)38-27(29(45)46)22-10-6-3-7-11-22/h2-15,24,27H,16-19H2,1H3,(H,37,41)(H,38,44)(H,42,43)(H,45,46)(H4,34,35,36)/t24-,27-,33?/m0/s1. The van der Waals surface area contributed by atoms with Crippen LogP contribution in [0.2, 0.25) is 0 Å². The van der Waals surface area contributed by atoms with Gasteiger partial charge in [-0.15, -0.1) is 0 Å². The van der Waals surface area contributed by atoms with Gasteiger partial charge in [0, 0.05) is 13.0 Å². The summed E-state index contributed by atoms with van der Waals surface area (Å²) in [6.07, 6.45) is -0.834. The molecule has 1 aliphatic rings. The molecule has 0 aliphatic carbocycles. The van der Waals surface area contributed by atoms with Crippen molar-refractivity contribution >= 4 is 47.3 Å². The molecule has 3 aromatic rings. The van der Waals surface area contributed by atoms with Gasteiger partial charge in [-0.2, -0.15) is 0 Å². The number of aliphatic imine (C=N–C) groups is 1. The van der Waals surface area contributed by atoms with Crippen LogP contribution in [0.3, 0.4) is 0 Å². The third kappa shape index (κ3) is 8.31. The van der Waals surface area contributed by atoms with Crippen molar-refractivity contribution in [3.63, 3.8) is 0 Å². The molecule has 15 nitrogen and oxygen atoms in total. The van der Waals surface area contributed by atoms with Crippen LogP contribution in [0.15, 0.2) is 89.9 Å². The number of carbonyl (C=O) groups is 6. The molecule has 1 unspecified atom stereocenters. The van der Waals surface area contributed by atoms with E-state index in [1.807, 2.05) is 0 Å². The Labute approximate surface area is 275 Å². The van der Waals surface area contributed by atoms with Gasteiger partial charge in [-0.1, -0.05) is 72.8 Å². The summed E-state index contributed by atoms with van der Waals surface area (Å²) in [6.45, 7) is 0.785. The van der Waals surface area contributed by atoms with Crippen molar-refractivity contribution < 1.29 is 39.0 Å². The number of carboxylic acids is 2. The Morgan fingerprint density at radius 1 is 0.854 bits per heavy atom. The molecule has 1 fully saturated rings. The van der Waals surface area contributed by atoms with Gasteiger partial charge in [-0.05, 0) is 35.7 Å². The summed E-state index contributed by atoms with van der Waals surface area (Å²) in [4.78, 5) is 83.6. The van der Waals surface area contributed by atoms with E-state index in [0.717, 1.165) is 10.5 Å². The number of hydrogen-bond acceptors (Lipinski definition) is 7. The molecule has 4 rings (SSSR count). The van der Waals surface area contributed by atoms with E-state index >= 15 is 0 Å². The number of urea groups is 1. The van der Waals surface area contributed by atoms with Crippen LogP contribution >= 0.6 is 0 Å². The number of nitrogens with zero attached hydrogens (tertiary/aromatic N) is 3. The number of hydrogen-bond donors (Lipinski definition) is 6. The second kappa shape index (κ2) is 14.9. The van der Waals surface area contributed by atoms with Gasteiger partial charge in [0.25, 0.3) is 5.91 Å². The molecule has 0 radical (unpaired) electrons. The third-order valence-corrected chi connectivity index (χ3v) is 7.69. The van der Waals surface area contributed by atoms with E-state index in [1.54, 1.807) is 79.7 Å². The van der Waals surface area contributed by atoms with Gasteiger partial charge in [0.15, 0.2) is 12.0 Å². The largest absolute Gasteiger partial charge is 0.481 e. The van der Waals surface area contributed by atoms with Crippen molar-refractivity contribution in [1.82, 2.24) is 20.4 Å². The number of nitrogens with one attached hydrogen (secondary N) is 2. The number of rotatable bonds is 14. The Morgan fingerprint density at radius 2 is 1.46 bits per heavy atom. The summed E-state index contributed by atoms with van der Waals surface area (Å²) in [5.41, 5.74) is 11.5. The zero-order valence-corrected chi connectivity index (χ0v) is 25.9. The highest BCUT2D eigenvalue weighted by Gasteiger charge is 2.54. The van der Waals surface area contributed by atoms with Crippen LogP contribution in [-0.4, -0.2) is 79.8 Å². The lowest BCUT2D eigenvalue weighted by atomic mass is 9.90. The lowest BCUT2D eigenvalue weighted by Crippen LogP contribution is -2.52. The molecule has 1 heterocycles. The summed E-state index contributed by atoms with van der Waals surface area (Å²) in [6, 6.07) is 19.3. The van der Waals surface area contributed by atoms with Crippen LogP contribution < -0.4 is 22.1 Å². The maximum atomic E-state index is 14.0. The van der Waals surface area contributed by atoms with Crippen LogP contribution in [0.5, 0.6) is 0 Å². The maximum absolute atomic E-state index is 14.0. The van der Waals surface area contributed by atoms with Crippen LogP contribution in [0.1, 0.15) is 36.1 Å². The predicted octanol–water partition coefficient (Wildman–Crippen LogP) is 1.26. The molecule has 0 spiro atoms. The first-order chi connectivity index (χ1) is 22.8. The SMILES string of the molecule is CC1(Cc2ccc(N=C(N)N)cc2)C(=O)N(CC(=O)N[C@@H](CC(=O)O)C(=O)N[C@H](C(=O)O)c2ccccc2)C(=O)N1Cc1ccccc1. The fourth-order valence-corrected chi connectivity index (χ4v) is 5.35. The van der Waals surface area contributed by atoms with Crippen molar-refractivity contribution in [1.29, 1.82) is 0 Å². The molecule has 3 atom stereocenters. The lowest BCUT2D eigenvalue weighted by molar-refractivity contribution is -0.144. The molecular weight excluding hydrogens is 622 g/mol. The maximum Gasteiger partial charge on any atom is 0.330 e. The number of carboxylic acid groups (broad SMARTS) is 2. The van der Waals surface area contributed by atoms with E-state index in [-0.39, 0.29) is 24.5 Å². The molecule has 5 amide bonds. The molecule has 0 aromatic heterocycles. The number of imide groups is 1. The molecule has 1 saturated heterocycles. The first-order valence-electron chi connectivity index (χ1n) is 14.7. The smallest absolute Gasteiger partial charge is 0.330 e. The second-order valence-corrected chi connectivity index (χ2v) is 11.3. The number of nitrogens with two attached hydrogens (primary N) is 2. The molecule has 250 valence electrons. The van der Waals surface area contributed by atoms with E-state index in [2.05, 4.69) is 15.6 Å². The number of benzene rings is 3. The Hall–Kier alpha value is -6.25. The Balaban J connectivity index is 1.56. The third-order valence-electron chi connectivity index (χ3n) is 7.69. The summed E-state index contributed by atoms with van der Waals surface area (Å²) < 4.78 is 0. The number of carbonyl (C=O) groups excluding carboxylic acids is 4. The van der Waals surface area contributed by atoms with Crippen LogP contribution in [-0.2, 0) is 36.9 Å². The highest BCUT2D eigenvalue weighted by molar-refractivity contribution is 6.09. The van der Waals surface area contributed by atoms with Crippen molar-refractivity contribution in [2.45, 2.75) is 43.9 Å². The van der Waals surface area contributed by atoms with E-state index in [9.17, 15) is 39.0 Å². The molecular formula is C33H35N7O8. The fourth-order valence-electron chi connectivity index (χ4n) is 5.35. The average molecular weight is 658 g/mol. The van der Waals surface area contributed by atoms with Crippen molar-refractivity contribution in [2.75, 3.05) is 6.54 Å². The van der Waals surface area contributed by atoms with Gasteiger partial charge >= 0.3 is 18.0 Å². The van der Waals surface area contributed by atoms with Gasteiger partial charge in [0.2, 0.25) is 11.8 Å². The number of amides is 5. The predicted molar refractivity (Wildman–Crippen MR) is 172 cm³/mol. The highest BCUT2D eigenvalue weighted by Crippen LogP contribution is 2.33. The van der Waals surface area contributed by atoms with E-state index in [0.29, 0.717) is 11.3 Å². The summed E-state index contributed by atoms with van der Waals surface area (Å²) in [5.74, 6) is -5.78. The van der Waals surface area contributed by atoms with Crippen molar-refractivity contribution in [2.24, 2.45) is 16.5 Å². The van der Waals surface area contributed by atoms with Gasteiger partial charge < -0.3 is 37.2 Å². The van der Waals surface area contributed by atoms with Gasteiger partial charge in [-0.3, -0.25) is 24.1 Å². The quantitative estimate of drug-likeness (QED) is 0.0824. The van der Waals surface area contributed by atoms with E-state index in [1.165, 1.54) is 17.0 Å². The molecule has 3 aromatic carbocycles. The van der Waals surface area contributed by atoms with Crippen molar-refractivity contribution in [3.05, 3.63) is 102 Å². The topological polar surface area (TPSA) is 238 Å². The molecule has 0 saturated carbocycles. The molecule has 15 heteroatoms. The van der Waals surface area contributed by atoms with Crippen LogP contribution in [0.4, 0.5) is 10.5 Å². The second-order valence-electron chi connectivity index (χ2n) is 11.3. The molecule has 1 aliphatic heterocycles. The van der Waals surface area contributed by atoms with Crippen LogP contribution in [0.25, 0.3) is 0 Å². The summed E-state index contributed by atoms with van der Waals surface area (Å²) in [5, 5.41) is 23.6. The van der Waals surface area contributed by atoms with E-state index < -0.39 is 66.3 Å². The first kappa shape index (κ1) is 34.6.